The van der Waals surface area contributed by atoms with Crippen LogP contribution in [0.25, 0.3) is 0 Å². The molecular weight excluding hydrogens is 256 g/mol. The number of aliphatic hydroxyl groups is 3. The van der Waals surface area contributed by atoms with Gasteiger partial charge in [0.2, 0.25) is 0 Å². The van der Waals surface area contributed by atoms with E-state index in [2.05, 4.69) is 0 Å². The van der Waals surface area contributed by atoms with E-state index < -0.39 is 24.4 Å². The molecule has 1 aromatic carbocycles. The number of β-amino-alcohol motifs (C(OH)–C–C–N with tert-alkyl or cyclic N) is 1. The molecule has 5 nitrogen and oxygen atoms in total. The lowest BCUT2D eigenvalue weighted by Crippen LogP contribution is -2.45. The van der Waals surface area contributed by atoms with E-state index in [1.165, 1.54) is 0 Å². The third kappa shape index (κ3) is 3.35. The number of likely N-dealkylation sites (tertiary alicyclic amines) is 1. The summed E-state index contributed by atoms with van der Waals surface area (Å²) in [5.74, 6) is 0. The van der Waals surface area contributed by atoms with Crippen molar-refractivity contribution in [2.45, 2.75) is 43.7 Å². The molecule has 0 bridgehead atoms. The van der Waals surface area contributed by atoms with Crippen molar-refractivity contribution in [1.29, 1.82) is 5.26 Å². The Kier molecular flexibility index (Phi) is 5.10. The second kappa shape index (κ2) is 6.82. The SMILES string of the molecule is N#CCC[C@H](O)[C@H]1[C@@H](O)[C@@H](O)CN1Cc1ccccc1. The molecule has 0 radical (unpaired) electrons. The van der Waals surface area contributed by atoms with Crippen LogP contribution in [0.1, 0.15) is 18.4 Å². The largest absolute Gasteiger partial charge is 0.391 e. The van der Waals surface area contributed by atoms with Crippen molar-refractivity contribution in [3.8, 4) is 6.07 Å². The first kappa shape index (κ1) is 14.9. The van der Waals surface area contributed by atoms with Crippen molar-refractivity contribution >= 4 is 0 Å². The monoisotopic (exact) mass is 276 g/mol. The van der Waals surface area contributed by atoms with Gasteiger partial charge in [0.25, 0.3) is 0 Å². The minimum absolute atomic E-state index is 0.236. The smallest absolute Gasteiger partial charge is 0.0991 e. The maximum atomic E-state index is 10.2. The Bertz CT molecular complexity index is 460. The summed E-state index contributed by atoms with van der Waals surface area (Å²) in [6.07, 6.45) is -2.12. The van der Waals surface area contributed by atoms with E-state index >= 15 is 0 Å². The zero-order valence-corrected chi connectivity index (χ0v) is 11.3. The highest BCUT2D eigenvalue weighted by atomic mass is 16.3. The first-order chi connectivity index (χ1) is 9.63. The van der Waals surface area contributed by atoms with Crippen LogP contribution in [0.15, 0.2) is 30.3 Å². The van der Waals surface area contributed by atoms with Crippen LogP contribution in [-0.4, -0.2) is 51.1 Å². The lowest BCUT2D eigenvalue weighted by molar-refractivity contribution is -0.0144. The van der Waals surface area contributed by atoms with E-state index in [9.17, 15) is 15.3 Å². The van der Waals surface area contributed by atoms with Crippen LogP contribution in [0.3, 0.4) is 0 Å². The Morgan fingerprint density at radius 1 is 1.30 bits per heavy atom. The predicted octanol–water partition coefficient (Wildman–Crippen LogP) is 0.257. The molecule has 0 spiro atoms. The van der Waals surface area contributed by atoms with Crippen molar-refractivity contribution in [2.24, 2.45) is 0 Å². The average molecular weight is 276 g/mol. The molecule has 0 saturated carbocycles. The van der Waals surface area contributed by atoms with Crippen LogP contribution in [0.4, 0.5) is 0 Å². The Morgan fingerprint density at radius 3 is 2.65 bits per heavy atom. The molecular formula is C15H20N2O3. The minimum Gasteiger partial charge on any atom is -0.391 e. The molecule has 20 heavy (non-hydrogen) atoms. The molecule has 3 N–H and O–H groups in total. The summed E-state index contributed by atoms with van der Waals surface area (Å²) in [4.78, 5) is 1.88. The molecule has 1 aromatic rings. The number of rotatable bonds is 5. The molecule has 2 rings (SSSR count). The number of nitriles is 1. The van der Waals surface area contributed by atoms with Gasteiger partial charge in [-0.1, -0.05) is 30.3 Å². The Labute approximate surface area is 118 Å². The zero-order valence-electron chi connectivity index (χ0n) is 11.3. The van der Waals surface area contributed by atoms with Crippen molar-refractivity contribution in [3.05, 3.63) is 35.9 Å². The third-order valence-electron chi connectivity index (χ3n) is 3.76. The summed E-state index contributed by atoms with van der Waals surface area (Å²) in [5.41, 5.74) is 1.06. The average Bonchev–Trinajstić information content (AvgIpc) is 2.72. The lowest BCUT2D eigenvalue weighted by Gasteiger charge is -2.29. The number of hydrogen-bond donors (Lipinski definition) is 3. The number of hydrogen-bond acceptors (Lipinski definition) is 5. The molecule has 4 atom stereocenters. The van der Waals surface area contributed by atoms with Crippen molar-refractivity contribution in [3.63, 3.8) is 0 Å². The molecule has 0 unspecified atom stereocenters. The topological polar surface area (TPSA) is 87.7 Å². The lowest BCUT2D eigenvalue weighted by atomic mass is 10.0. The van der Waals surface area contributed by atoms with E-state index in [0.717, 1.165) is 5.56 Å². The number of aliphatic hydroxyl groups excluding tert-OH is 3. The normalized spacial score (nSPS) is 28.2. The van der Waals surface area contributed by atoms with Gasteiger partial charge >= 0.3 is 0 Å². The van der Waals surface area contributed by atoms with Gasteiger partial charge in [-0.25, -0.2) is 0 Å². The Balaban J connectivity index is 2.07. The summed E-state index contributed by atoms with van der Waals surface area (Å²) in [6.45, 7) is 0.883. The molecule has 5 heteroatoms. The van der Waals surface area contributed by atoms with E-state index in [4.69, 9.17) is 5.26 Å². The maximum absolute atomic E-state index is 10.2. The highest BCUT2D eigenvalue weighted by Gasteiger charge is 2.43. The van der Waals surface area contributed by atoms with E-state index in [-0.39, 0.29) is 6.42 Å². The molecule has 0 amide bonds. The Morgan fingerprint density at radius 2 is 2.00 bits per heavy atom. The van der Waals surface area contributed by atoms with E-state index in [1.54, 1.807) is 0 Å². The number of benzene rings is 1. The van der Waals surface area contributed by atoms with Gasteiger partial charge in [0.15, 0.2) is 0 Å². The van der Waals surface area contributed by atoms with Crippen LogP contribution in [-0.2, 0) is 6.54 Å². The van der Waals surface area contributed by atoms with Gasteiger partial charge in [-0.3, -0.25) is 4.90 Å². The van der Waals surface area contributed by atoms with Crippen LogP contribution >= 0.6 is 0 Å². The van der Waals surface area contributed by atoms with Crippen LogP contribution in [0.2, 0.25) is 0 Å². The van der Waals surface area contributed by atoms with Crippen molar-refractivity contribution in [2.75, 3.05) is 6.54 Å². The molecule has 108 valence electrons. The minimum atomic E-state index is -0.979. The van der Waals surface area contributed by atoms with Crippen LogP contribution in [0.5, 0.6) is 0 Å². The summed E-state index contributed by atoms with van der Waals surface area (Å²) in [7, 11) is 0. The molecule has 1 heterocycles. The summed E-state index contributed by atoms with van der Waals surface area (Å²) in [6, 6.07) is 11.2. The van der Waals surface area contributed by atoms with Crippen LogP contribution in [0, 0.1) is 11.3 Å². The fraction of sp³-hybridized carbons (Fsp3) is 0.533. The van der Waals surface area contributed by atoms with Gasteiger partial charge < -0.3 is 15.3 Å². The van der Waals surface area contributed by atoms with Gasteiger partial charge in [0.05, 0.1) is 30.4 Å². The standard InChI is InChI=1S/C15H20N2O3/c16-8-4-7-12(18)14-15(20)13(19)10-17(14)9-11-5-2-1-3-6-11/h1-3,5-6,12-15,18-20H,4,7,9-10H2/t12-,13-,14-,15-/m0/s1. The van der Waals surface area contributed by atoms with Crippen molar-refractivity contribution < 1.29 is 15.3 Å². The summed E-state index contributed by atoms with van der Waals surface area (Å²) in [5, 5.41) is 38.6. The highest BCUT2D eigenvalue weighted by molar-refractivity contribution is 5.15. The van der Waals surface area contributed by atoms with E-state index in [1.807, 2.05) is 41.3 Å². The first-order valence-corrected chi connectivity index (χ1v) is 6.82. The van der Waals surface area contributed by atoms with E-state index in [0.29, 0.717) is 19.5 Å². The molecule has 0 aromatic heterocycles. The quantitative estimate of drug-likeness (QED) is 0.718. The second-order valence-electron chi connectivity index (χ2n) is 5.23. The highest BCUT2D eigenvalue weighted by Crippen LogP contribution is 2.25. The fourth-order valence-corrected chi connectivity index (χ4v) is 2.76. The predicted molar refractivity (Wildman–Crippen MR) is 73.5 cm³/mol. The zero-order chi connectivity index (χ0) is 14.5. The molecule has 1 aliphatic rings. The van der Waals surface area contributed by atoms with Gasteiger partial charge in [-0.15, -0.1) is 0 Å². The van der Waals surface area contributed by atoms with Gasteiger partial charge in [-0.05, 0) is 12.0 Å². The van der Waals surface area contributed by atoms with Gasteiger partial charge in [-0.2, -0.15) is 5.26 Å². The molecule has 1 fully saturated rings. The fourth-order valence-electron chi connectivity index (χ4n) is 2.76. The maximum Gasteiger partial charge on any atom is 0.0991 e. The summed E-state index contributed by atoms with van der Waals surface area (Å²) < 4.78 is 0. The molecule has 1 aliphatic heterocycles. The Hall–Kier alpha value is -1.45. The van der Waals surface area contributed by atoms with Crippen LogP contribution < -0.4 is 0 Å². The van der Waals surface area contributed by atoms with Crippen molar-refractivity contribution in [1.82, 2.24) is 4.90 Å². The van der Waals surface area contributed by atoms with Gasteiger partial charge in [0.1, 0.15) is 0 Å². The molecule has 1 saturated heterocycles. The summed E-state index contributed by atoms with van der Waals surface area (Å²) >= 11 is 0. The second-order valence-corrected chi connectivity index (χ2v) is 5.23. The molecule has 0 aliphatic carbocycles. The third-order valence-corrected chi connectivity index (χ3v) is 3.76. The number of nitrogens with zero attached hydrogens (tertiary/aromatic N) is 2. The van der Waals surface area contributed by atoms with Gasteiger partial charge in [0, 0.05) is 19.5 Å². The first-order valence-electron chi connectivity index (χ1n) is 6.82.